The average Bonchev–Trinajstić information content (AvgIpc) is 3.79. The second-order valence-electron chi connectivity index (χ2n) is 17.6. The Morgan fingerprint density at radius 1 is 0.909 bits per heavy atom. The summed E-state index contributed by atoms with van der Waals surface area (Å²) in [6.07, 6.45) is 11.6. The topological polar surface area (TPSA) is 275 Å². The zero-order valence-electron chi connectivity index (χ0n) is 38.4. The van der Waals surface area contributed by atoms with Crippen LogP contribution in [0.2, 0.25) is 0 Å². The number of likely N-dealkylation sites (N-methyl/N-ethyl adjacent to an activating group) is 2. The number of quaternary nitrogens is 1. The summed E-state index contributed by atoms with van der Waals surface area (Å²) in [4.78, 5) is 58.6. The SMILES string of the molecule is CN1CC[C@]23c4c5ccc(OC(=O)CCCC(=O)O)c4O[C@H]2[C@@H](O)C=C[C@H]3[C@H]1C5.C[NH+]1CC[C@]23c4c5ccc(O)c4O[C@H]2[C@@H](O)C=C[C@H]3[C@H]1C5.O.O=C1CCCC(=O)O1.O=CO[O-].[Cl-].[H-].[K+].[K+]. The number of carbonyl (C=O) groups is 5. The quantitative estimate of drug-likeness (QED) is 0.0263. The number of hydrogen-bond donors (Lipinski definition) is 5. The predicted octanol–water partition coefficient (Wildman–Crippen LogP) is -9.59. The number of aromatic hydroxyl groups is 1. The fourth-order valence-corrected chi connectivity index (χ4v) is 11.9. The number of benzene rings is 2. The molecule has 66 heavy (non-hydrogen) atoms. The normalized spacial score (nSPS) is 32.0. The van der Waals surface area contributed by atoms with Crippen molar-refractivity contribution in [2.24, 2.45) is 11.8 Å². The molecule has 350 valence electrons. The van der Waals surface area contributed by atoms with Crippen molar-refractivity contribution >= 4 is 30.3 Å². The molecule has 5 aliphatic heterocycles. The molecule has 0 saturated carbocycles. The van der Waals surface area contributed by atoms with Crippen molar-refractivity contribution in [3.8, 4) is 23.0 Å². The number of aliphatic hydroxyl groups is 2. The number of piperidine rings is 2. The van der Waals surface area contributed by atoms with Crippen LogP contribution in [0.25, 0.3) is 0 Å². The number of phenolic OH excluding ortho intramolecular Hbond substituents is 1. The second kappa shape index (κ2) is 23.4. The Labute approximate surface area is 474 Å². The minimum absolute atomic E-state index is 0. The van der Waals surface area contributed by atoms with Crippen LogP contribution in [-0.2, 0) is 57.3 Å². The Bertz CT molecular complexity index is 2210. The van der Waals surface area contributed by atoms with Gasteiger partial charge in [-0.2, -0.15) is 0 Å². The minimum atomic E-state index is -0.930. The molecule has 11 rings (SSSR count). The molecule has 0 amide bonds. The third-order valence-corrected chi connectivity index (χ3v) is 14.5. The summed E-state index contributed by atoms with van der Waals surface area (Å²) in [6, 6.07) is 8.48. The first kappa shape index (κ1) is 56.8. The fraction of sp³-hybridized carbons (Fsp3) is 0.533. The van der Waals surface area contributed by atoms with Gasteiger partial charge in [-0.15, -0.1) is 0 Å². The Balaban J connectivity index is 0.000000275. The summed E-state index contributed by atoms with van der Waals surface area (Å²) in [6.45, 7) is 1.84. The van der Waals surface area contributed by atoms with Crippen molar-refractivity contribution < 1.29 is 200 Å². The molecule has 9 aliphatic rings. The summed E-state index contributed by atoms with van der Waals surface area (Å²) in [5.74, 6) is 0.275. The van der Waals surface area contributed by atoms with Crippen molar-refractivity contribution in [3.05, 3.63) is 70.8 Å². The summed E-state index contributed by atoms with van der Waals surface area (Å²) in [5.41, 5.74) is 4.34. The van der Waals surface area contributed by atoms with Crippen LogP contribution < -0.4 is 140 Å². The van der Waals surface area contributed by atoms with Gasteiger partial charge in [0.05, 0.1) is 25.0 Å². The number of nitrogens with zero attached hydrogens (tertiary/aromatic N) is 1. The number of halogens is 1. The van der Waals surface area contributed by atoms with Crippen LogP contribution in [0.3, 0.4) is 0 Å². The molecule has 0 radical (unpaired) electrons. The average molecular weight is 994 g/mol. The number of phenols is 1. The van der Waals surface area contributed by atoms with Crippen LogP contribution in [-0.4, -0.2) is 125 Å². The van der Waals surface area contributed by atoms with E-state index in [0.717, 1.165) is 44.3 Å². The Morgan fingerprint density at radius 3 is 2.09 bits per heavy atom. The molecule has 0 aromatic heterocycles. The molecule has 18 nitrogen and oxygen atoms in total. The molecule has 4 bridgehead atoms. The minimum Gasteiger partial charge on any atom is -1.00 e. The molecular formula is C45H55ClK2N2O16. The molecule has 11 atom stereocenters. The van der Waals surface area contributed by atoms with Crippen molar-refractivity contribution in [1.82, 2.24) is 4.90 Å². The third kappa shape index (κ3) is 10.2. The first-order chi connectivity index (χ1) is 29.7. The smallest absolute Gasteiger partial charge is 1.00 e. The van der Waals surface area contributed by atoms with E-state index in [1.54, 1.807) is 17.0 Å². The van der Waals surface area contributed by atoms with E-state index >= 15 is 0 Å². The molecular weight excluding hydrogens is 938 g/mol. The van der Waals surface area contributed by atoms with E-state index in [9.17, 15) is 34.5 Å². The molecule has 1 unspecified atom stereocenters. The molecule has 4 aliphatic carbocycles. The maximum Gasteiger partial charge on any atom is 1.00 e. The number of ether oxygens (including phenoxy) is 4. The molecule has 2 aromatic carbocycles. The first-order valence-electron chi connectivity index (χ1n) is 21.2. The van der Waals surface area contributed by atoms with Gasteiger partial charge in [-0.3, -0.25) is 24.0 Å². The maximum absolute atomic E-state index is 12.3. The fourth-order valence-electron chi connectivity index (χ4n) is 11.9. The van der Waals surface area contributed by atoms with Gasteiger partial charge in [0.15, 0.2) is 23.0 Å². The summed E-state index contributed by atoms with van der Waals surface area (Å²) >= 11 is 0. The monoisotopic (exact) mass is 992 g/mol. The van der Waals surface area contributed by atoms with E-state index < -0.39 is 24.1 Å². The number of aliphatic carboxylic acids is 1. The Morgan fingerprint density at radius 2 is 1.48 bits per heavy atom. The Kier molecular flexibility index (Phi) is 20.1. The standard InChI is InChI=1S/C22H25NO6.C17H19NO3.C5H6O3.CH2O3.ClH.2K.H2O.H/c1-23-10-9-22-13-6-7-15(24)21(22)29-20-16(28-18(27)4-2-3-17(25)26)8-5-12(19(20)22)11-14(13)23;1-18-7-6-17-10-3-5-13(20)16(17)21-15-12(19)4-2-9(14(15)17)8-11(10)18;6-4-2-1-3-5(7)8-4;2-1-4-3;;;;;/h5-8,13-15,21,24H,2-4,9-11H2,1H3,(H,25,26);2-5,10-11,13,16,19-20H,6-8H2,1H3;1-3H2;1,3H;1H;;;1H2;/q;;;;;2*+1;;-1/p-1/t13-,14+,15-,21-,22-;10-,11+,13-,16-,17-;;;;;;;/m00......./s1. The third-order valence-electron chi connectivity index (χ3n) is 14.5. The van der Waals surface area contributed by atoms with Gasteiger partial charge >= 0.3 is 127 Å². The number of likely N-dealkylation sites (tertiary alicyclic amines) is 2. The molecule has 2 aromatic rings. The van der Waals surface area contributed by atoms with Gasteiger partial charge in [0.2, 0.25) is 0 Å². The van der Waals surface area contributed by atoms with Gasteiger partial charge in [-0.05, 0) is 62.5 Å². The molecule has 3 saturated heterocycles. The number of esters is 3. The van der Waals surface area contributed by atoms with Crippen molar-refractivity contribution in [2.75, 3.05) is 27.2 Å². The summed E-state index contributed by atoms with van der Waals surface area (Å²) in [7, 11) is 4.42. The van der Waals surface area contributed by atoms with E-state index in [0.29, 0.717) is 54.5 Å². The van der Waals surface area contributed by atoms with Gasteiger partial charge in [-0.25, -0.2) is 0 Å². The van der Waals surface area contributed by atoms with Gasteiger partial charge in [-0.1, -0.05) is 36.4 Å². The van der Waals surface area contributed by atoms with Crippen LogP contribution >= 0.6 is 0 Å². The van der Waals surface area contributed by atoms with Crippen LogP contribution in [0, 0.1) is 11.8 Å². The zero-order chi connectivity index (χ0) is 44.1. The summed E-state index contributed by atoms with van der Waals surface area (Å²) in [5, 5.41) is 48.5. The van der Waals surface area contributed by atoms with Crippen LogP contribution in [0.4, 0.5) is 0 Å². The van der Waals surface area contributed by atoms with Crippen molar-refractivity contribution in [2.45, 2.75) is 112 Å². The molecule has 2 spiro atoms. The number of cyclic esters (lactones) is 2. The number of nitrogens with one attached hydrogen (secondary N) is 1. The molecule has 21 heteroatoms. The van der Waals surface area contributed by atoms with Crippen molar-refractivity contribution in [3.63, 3.8) is 0 Å². The number of hydrogen-bond acceptors (Lipinski definition) is 15. The maximum atomic E-state index is 12.3. The number of carboxylic acid groups (broad SMARTS) is 1. The van der Waals surface area contributed by atoms with E-state index in [4.69, 9.17) is 29.4 Å². The molecule has 7 N–H and O–H groups in total. The van der Waals surface area contributed by atoms with E-state index in [-0.39, 0.29) is 194 Å². The van der Waals surface area contributed by atoms with Crippen LogP contribution in [0.1, 0.15) is 75.0 Å². The van der Waals surface area contributed by atoms with E-state index in [2.05, 4.69) is 40.8 Å². The van der Waals surface area contributed by atoms with Gasteiger partial charge in [0, 0.05) is 72.9 Å². The summed E-state index contributed by atoms with van der Waals surface area (Å²) < 4.78 is 22.2. The first-order valence-corrected chi connectivity index (χ1v) is 21.2. The molecule has 5 heterocycles. The van der Waals surface area contributed by atoms with Crippen LogP contribution in [0.5, 0.6) is 23.0 Å². The van der Waals surface area contributed by atoms with Crippen LogP contribution in [0.15, 0.2) is 48.6 Å². The van der Waals surface area contributed by atoms with E-state index in [1.165, 1.54) is 16.7 Å². The van der Waals surface area contributed by atoms with Crippen molar-refractivity contribution in [1.29, 1.82) is 0 Å². The van der Waals surface area contributed by atoms with E-state index in [1.807, 2.05) is 24.3 Å². The second-order valence-corrected chi connectivity index (χ2v) is 17.6. The largest absolute Gasteiger partial charge is 1.00 e. The predicted molar refractivity (Wildman–Crippen MR) is 217 cm³/mol. The molecule has 3 fully saturated rings. The number of carbonyl (C=O) groups excluding carboxylic acids is 4. The Hall–Kier alpha value is -1.81. The number of rotatable bonds is 6. The number of carboxylic acids is 1. The van der Waals surface area contributed by atoms with Gasteiger partial charge in [0.25, 0.3) is 6.47 Å². The van der Waals surface area contributed by atoms with Gasteiger partial charge < -0.3 is 78.6 Å². The number of aliphatic hydroxyl groups excluding tert-OH is 2. The zero-order valence-corrected chi connectivity index (χ0v) is 44.4. The van der Waals surface area contributed by atoms with Gasteiger partial charge in [0.1, 0.15) is 24.4 Å².